The summed E-state index contributed by atoms with van der Waals surface area (Å²) in [5.41, 5.74) is 1.61. The first-order valence-electron chi connectivity index (χ1n) is 7.68. The van der Waals surface area contributed by atoms with Crippen LogP contribution in [0.2, 0.25) is 5.02 Å². The van der Waals surface area contributed by atoms with Gasteiger partial charge < -0.3 is 10.1 Å². The van der Waals surface area contributed by atoms with Crippen molar-refractivity contribution < 1.29 is 4.74 Å². The summed E-state index contributed by atoms with van der Waals surface area (Å²) < 4.78 is 5.95. The molecule has 1 saturated heterocycles. The van der Waals surface area contributed by atoms with Gasteiger partial charge in [-0.05, 0) is 43.5 Å². The zero-order valence-electron chi connectivity index (χ0n) is 12.4. The third-order valence-corrected chi connectivity index (χ3v) is 5.27. The maximum atomic E-state index is 5.95. The summed E-state index contributed by atoms with van der Waals surface area (Å²) >= 11 is 5.91. The van der Waals surface area contributed by atoms with Gasteiger partial charge in [-0.1, -0.05) is 37.6 Å². The average molecular weight is 294 g/mol. The van der Waals surface area contributed by atoms with E-state index in [1.54, 1.807) is 0 Å². The lowest BCUT2D eigenvalue weighted by atomic mass is 9.55. The Morgan fingerprint density at radius 1 is 1.30 bits per heavy atom. The smallest absolute Gasteiger partial charge is 0.0684 e. The molecule has 0 radical (unpaired) electrons. The Bertz CT molecular complexity index is 457. The number of fused-ring (bicyclic) bond motifs is 1. The van der Waals surface area contributed by atoms with E-state index in [-0.39, 0.29) is 5.41 Å². The van der Waals surface area contributed by atoms with E-state index in [0.717, 1.165) is 24.6 Å². The minimum absolute atomic E-state index is 0.269. The van der Waals surface area contributed by atoms with E-state index in [4.69, 9.17) is 16.3 Å². The molecule has 0 aromatic heterocycles. The summed E-state index contributed by atoms with van der Waals surface area (Å²) in [7, 11) is 0. The number of hydrogen-bond acceptors (Lipinski definition) is 2. The van der Waals surface area contributed by atoms with Gasteiger partial charge >= 0.3 is 0 Å². The summed E-state index contributed by atoms with van der Waals surface area (Å²) in [5, 5.41) is 4.57. The van der Waals surface area contributed by atoms with E-state index < -0.39 is 0 Å². The van der Waals surface area contributed by atoms with Crippen molar-refractivity contribution in [2.75, 3.05) is 13.2 Å². The van der Waals surface area contributed by atoms with Crippen LogP contribution in [-0.4, -0.2) is 25.3 Å². The van der Waals surface area contributed by atoms with Gasteiger partial charge in [-0.25, -0.2) is 0 Å². The lowest BCUT2D eigenvalue weighted by Gasteiger charge is -2.60. The van der Waals surface area contributed by atoms with E-state index in [0.29, 0.717) is 18.1 Å². The minimum Gasteiger partial charge on any atom is -0.377 e. The van der Waals surface area contributed by atoms with E-state index in [1.807, 2.05) is 12.1 Å². The van der Waals surface area contributed by atoms with E-state index >= 15 is 0 Å². The van der Waals surface area contributed by atoms with Gasteiger partial charge in [0.2, 0.25) is 0 Å². The molecule has 0 spiro atoms. The SMILES string of the molecule is CC1(C)C(NCCc2ccc(Cl)cc2)C2CCCOC21. The number of ether oxygens (including phenoxy) is 1. The fourth-order valence-corrected chi connectivity index (χ4v) is 4.09. The monoisotopic (exact) mass is 293 g/mol. The molecule has 1 heterocycles. The van der Waals surface area contributed by atoms with Crippen molar-refractivity contribution in [1.82, 2.24) is 5.32 Å². The van der Waals surface area contributed by atoms with Crippen molar-refractivity contribution in [2.24, 2.45) is 11.3 Å². The van der Waals surface area contributed by atoms with Crippen molar-refractivity contribution in [3.05, 3.63) is 34.9 Å². The molecular weight excluding hydrogens is 270 g/mol. The van der Waals surface area contributed by atoms with Gasteiger partial charge in [0.15, 0.2) is 0 Å². The Morgan fingerprint density at radius 3 is 2.80 bits per heavy atom. The summed E-state index contributed by atoms with van der Waals surface area (Å²) in [4.78, 5) is 0. The number of halogens is 1. The van der Waals surface area contributed by atoms with Crippen LogP contribution in [-0.2, 0) is 11.2 Å². The molecule has 1 aliphatic heterocycles. The van der Waals surface area contributed by atoms with Gasteiger partial charge in [0.25, 0.3) is 0 Å². The predicted octanol–water partition coefficient (Wildman–Crippen LogP) is 3.68. The van der Waals surface area contributed by atoms with Crippen LogP contribution in [0.1, 0.15) is 32.3 Å². The molecule has 3 rings (SSSR count). The fourth-order valence-electron chi connectivity index (χ4n) is 3.96. The molecule has 110 valence electrons. The van der Waals surface area contributed by atoms with Crippen LogP contribution in [0.25, 0.3) is 0 Å². The number of hydrogen-bond donors (Lipinski definition) is 1. The van der Waals surface area contributed by atoms with Crippen LogP contribution in [0.5, 0.6) is 0 Å². The molecule has 1 aromatic rings. The summed E-state index contributed by atoms with van der Waals surface area (Å²) in [6, 6.07) is 8.76. The van der Waals surface area contributed by atoms with Gasteiger partial charge in [-0.15, -0.1) is 0 Å². The quantitative estimate of drug-likeness (QED) is 0.914. The van der Waals surface area contributed by atoms with Crippen molar-refractivity contribution in [1.29, 1.82) is 0 Å². The molecule has 0 bridgehead atoms. The first-order valence-corrected chi connectivity index (χ1v) is 8.06. The van der Waals surface area contributed by atoms with Gasteiger partial charge in [0.1, 0.15) is 0 Å². The van der Waals surface area contributed by atoms with Gasteiger partial charge in [0, 0.05) is 29.0 Å². The van der Waals surface area contributed by atoms with Gasteiger partial charge in [-0.2, -0.15) is 0 Å². The lowest BCUT2D eigenvalue weighted by Crippen LogP contribution is -2.69. The largest absolute Gasteiger partial charge is 0.377 e. The molecule has 1 aromatic carbocycles. The molecule has 20 heavy (non-hydrogen) atoms. The normalized spacial score (nSPS) is 31.4. The topological polar surface area (TPSA) is 21.3 Å². The van der Waals surface area contributed by atoms with Crippen molar-refractivity contribution in [3.8, 4) is 0 Å². The minimum atomic E-state index is 0.269. The second-order valence-electron chi connectivity index (χ2n) is 6.73. The third-order valence-electron chi connectivity index (χ3n) is 5.02. The summed E-state index contributed by atoms with van der Waals surface area (Å²) in [5.74, 6) is 0.712. The zero-order valence-corrected chi connectivity index (χ0v) is 13.1. The Hall–Kier alpha value is -0.570. The van der Waals surface area contributed by atoms with Gasteiger partial charge in [-0.3, -0.25) is 0 Å². The Balaban J connectivity index is 1.52. The molecule has 1 saturated carbocycles. The van der Waals surface area contributed by atoms with Crippen molar-refractivity contribution >= 4 is 11.6 Å². The molecule has 3 atom stereocenters. The fraction of sp³-hybridized carbons (Fsp3) is 0.647. The van der Waals surface area contributed by atoms with Crippen LogP contribution in [0.15, 0.2) is 24.3 Å². The molecule has 1 aliphatic carbocycles. The Kier molecular flexibility index (Phi) is 4.07. The second kappa shape index (κ2) is 5.67. The van der Waals surface area contributed by atoms with Crippen molar-refractivity contribution in [3.63, 3.8) is 0 Å². The summed E-state index contributed by atoms with van der Waals surface area (Å²) in [6.45, 7) is 6.64. The second-order valence-corrected chi connectivity index (χ2v) is 7.16. The van der Waals surface area contributed by atoms with Crippen molar-refractivity contribution in [2.45, 2.75) is 45.3 Å². The first kappa shape index (κ1) is 14.4. The maximum absolute atomic E-state index is 5.95. The van der Waals surface area contributed by atoms with Crippen LogP contribution >= 0.6 is 11.6 Å². The van der Waals surface area contributed by atoms with E-state index in [9.17, 15) is 0 Å². The standard InChI is InChI=1S/C17H24ClNO/c1-17(2)15(14-4-3-11-20-16(14)17)19-10-9-12-5-7-13(18)8-6-12/h5-8,14-16,19H,3-4,9-11H2,1-2H3. The van der Waals surface area contributed by atoms with E-state index in [1.165, 1.54) is 18.4 Å². The number of nitrogens with one attached hydrogen (secondary N) is 1. The Morgan fingerprint density at radius 2 is 2.05 bits per heavy atom. The average Bonchev–Trinajstić information content (AvgIpc) is 2.45. The Labute approximate surface area is 126 Å². The molecule has 3 heteroatoms. The molecular formula is C17H24ClNO. The van der Waals surface area contributed by atoms with Crippen LogP contribution in [0.4, 0.5) is 0 Å². The third kappa shape index (κ3) is 2.61. The highest BCUT2D eigenvalue weighted by Crippen LogP contribution is 2.51. The predicted molar refractivity (Wildman–Crippen MR) is 83.2 cm³/mol. The van der Waals surface area contributed by atoms with E-state index in [2.05, 4.69) is 31.3 Å². The highest BCUT2D eigenvalue weighted by molar-refractivity contribution is 6.30. The number of benzene rings is 1. The molecule has 2 fully saturated rings. The zero-order chi connectivity index (χ0) is 14.2. The highest BCUT2D eigenvalue weighted by Gasteiger charge is 2.57. The van der Waals surface area contributed by atoms with Crippen LogP contribution in [0.3, 0.4) is 0 Å². The number of rotatable bonds is 4. The first-order chi connectivity index (χ1) is 9.59. The molecule has 3 unspecified atom stereocenters. The van der Waals surface area contributed by atoms with Crippen LogP contribution in [0, 0.1) is 11.3 Å². The highest BCUT2D eigenvalue weighted by atomic mass is 35.5. The van der Waals surface area contributed by atoms with Gasteiger partial charge in [0.05, 0.1) is 6.10 Å². The maximum Gasteiger partial charge on any atom is 0.0684 e. The lowest BCUT2D eigenvalue weighted by molar-refractivity contribution is -0.192. The molecule has 0 amide bonds. The molecule has 2 aliphatic rings. The van der Waals surface area contributed by atoms with Crippen LogP contribution < -0.4 is 5.32 Å². The molecule has 2 nitrogen and oxygen atoms in total. The summed E-state index contributed by atoms with van der Waals surface area (Å²) in [6.07, 6.45) is 4.05. The molecule has 1 N–H and O–H groups in total.